The minimum Gasteiger partial charge on any atom is -0.501 e. The van der Waals surface area contributed by atoms with Crippen molar-refractivity contribution in [1.29, 1.82) is 0 Å². The van der Waals surface area contributed by atoms with E-state index in [1.807, 2.05) is 26.5 Å². The first-order valence-electron chi connectivity index (χ1n) is 9.86. The minimum atomic E-state index is 0.0827. The van der Waals surface area contributed by atoms with E-state index in [9.17, 15) is 0 Å². The van der Waals surface area contributed by atoms with Crippen LogP contribution in [0, 0.1) is 5.92 Å². The minimum absolute atomic E-state index is 0.0827. The van der Waals surface area contributed by atoms with Gasteiger partial charge >= 0.3 is 0 Å². The molecule has 0 spiro atoms. The molecule has 1 aromatic rings. The Morgan fingerprint density at radius 2 is 2.12 bits per heavy atom. The molecule has 2 aliphatic carbocycles. The number of likely N-dealkylation sites (tertiary alicyclic amines) is 1. The molecular weight excluding hydrogens is 314 g/mol. The molecule has 1 unspecified atom stereocenters. The molecule has 0 aromatic carbocycles. The summed E-state index contributed by atoms with van der Waals surface area (Å²) in [6.45, 7) is 1.98. The zero-order chi connectivity index (χ0) is 17.3. The van der Waals surface area contributed by atoms with E-state index in [0.717, 1.165) is 18.9 Å². The van der Waals surface area contributed by atoms with Crippen molar-refractivity contribution in [2.24, 2.45) is 5.92 Å². The Morgan fingerprint density at radius 1 is 1.20 bits per heavy atom. The predicted molar refractivity (Wildman–Crippen MR) is 97.5 cm³/mol. The Kier molecular flexibility index (Phi) is 4.92. The van der Waals surface area contributed by atoms with Crippen molar-refractivity contribution in [3.63, 3.8) is 0 Å². The molecule has 0 N–H and O–H groups in total. The molecule has 4 heteroatoms. The summed E-state index contributed by atoms with van der Waals surface area (Å²) in [7, 11) is 3.67. The number of fused-ring (bicyclic) bond motifs is 1. The predicted octanol–water partition coefficient (Wildman–Crippen LogP) is 4.34. The van der Waals surface area contributed by atoms with Crippen LogP contribution in [0.2, 0.25) is 0 Å². The Hall–Kier alpha value is -1.26. The lowest BCUT2D eigenvalue weighted by Gasteiger charge is -2.49. The number of hydrogen-bond donors (Lipinski definition) is 0. The van der Waals surface area contributed by atoms with Crippen LogP contribution in [-0.2, 0) is 9.47 Å². The maximum Gasteiger partial charge on any atom is 0.112 e. The topological polar surface area (TPSA) is 34.8 Å². The lowest BCUT2D eigenvalue weighted by atomic mass is 9.72. The summed E-state index contributed by atoms with van der Waals surface area (Å²) in [6, 6.07) is 4.67. The van der Waals surface area contributed by atoms with Crippen LogP contribution in [0.15, 0.2) is 34.6 Å². The molecular formula is C21H31NO3. The summed E-state index contributed by atoms with van der Waals surface area (Å²) in [5, 5.41) is 0. The van der Waals surface area contributed by atoms with Crippen molar-refractivity contribution in [3.8, 4) is 0 Å². The van der Waals surface area contributed by atoms with Crippen LogP contribution >= 0.6 is 0 Å². The largest absolute Gasteiger partial charge is 0.501 e. The van der Waals surface area contributed by atoms with Gasteiger partial charge in [-0.05, 0) is 50.4 Å². The number of rotatable bonds is 5. The second kappa shape index (κ2) is 7.16. The maximum absolute atomic E-state index is 5.92. The van der Waals surface area contributed by atoms with Gasteiger partial charge in [0.2, 0.25) is 0 Å². The third-order valence-electron chi connectivity index (χ3n) is 6.74. The Morgan fingerprint density at radius 3 is 2.88 bits per heavy atom. The third-order valence-corrected chi connectivity index (χ3v) is 6.74. The highest BCUT2D eigenvalue weighted by Crippen LogP contribution is 2.56. The highest BCUT2D eigenvalue weighted by molar-refractivity contribution is 5.34. The average Bonchev–Trinajstić information content (AvgIpc) is 3.32. The molecule has 0 amide bonds. The van der Waals surface area contributed by atoms with Gasteiger partial charge in [-0.1, -0.05) is 19.3 Å². The fraction of sp³-hybridized carbons (Fsp3) is 0.714. The zero-order valence-corrected chi connectivity index (χ0v) is 15.6. The second-order valence-electron chi connectivity index (χ2n) is 7.85. The highest BCUT2D eigenvalue weighted by atomic mass is 16.5. The Labute approximate surface area is 151 Å². The summed E-state index contributed by atoms with van der Waals surface area (Å²) in [6.07, 6.45) is 13.0. The van der Waals surface area contributed by atoms with Crippen LogP contribution in [0.4, 0.5) is 0 Å². The van der Waals surface area contributed by atoms with Crippen molar-refractivity contribution < 1.29 is 13.9 Å². The molecule has 4 nitrogen and oxygen atoms in total. The number of hydrogen-bond acceptors (Lipinski definition) is 4. The van der Waals surface area contributed by atoms with Gasteiger partial charge in [-0.15, -0.1) is 0 Å². The molecule has 25 heavy (non-hydrogen) atoms. The monoisotopic (exact) mass is 345 g/mol. The normalized spacial score (nSPS) is 36.1. The van der Waals surface area contributed by atoms with E-state index in [1.54, 1.807) is 0 Å². The first-order valence-corrected chi connectivity index (χ1v) is 9.86. The van der Waals surface area contributed by atoms with Crippen LogP contribution in [0.5, 0.6) is 0 Å². The molecule has 0 radical (unpaired) electrons. The molecule has 4 rings (SSSR count). The standard InChI is InChI=1S/C21H31NO3/c1-23-15-16-8-6-12-22(16)21-11-5-3-4-9-17(21)20(24-2)14-18(21)19-10-7-13-25-19/h7,10,13-14,16-18H,3-6,8-9,11-12,15H2,1-2H3/t16-,17?,18-,21+/m0/s1. The molecule has 3 aliphatic rings. The number of furan rings is 1. The van der Waals surface area contributed by atoms with E-state index >= 15 is 0 Å². The van der Waals surface area contributed by atoms with Gasteiger partial charge in [0.05, 0.1) is 31.7 Å². The van der Waals surface area contributed by atoms with Gasteiger partial charge in [0.15, 0.2) is 0 Å². The fourth-order valence-electron chi connectivity index (χ4n) is 5.82. The van der Waals surface area contributed by atoms with Gasteiger partial charge in [-0.3, -0.25) is 4.90 Å². The quantitative estimate of drug-likeness (QED) is 0.795. The maximum atomic E-state index is 5.92. The first kappa shape index (κ1) is 17.2. The van der Waals surface area contributed by atoms with E-state index < -0.39 is 0 Å². The molecule has 1 saturated heterocycles. The summed E-state index contributed by atoms with van der Waals surface area (Å²) in [5.74, 6) is 3.00. The summed E-state index contributed by atoms with van der Waals surface area (Å²) in [5.41, 5.74) is 0.0827. The van der Waals surface area contributed by atoms with Crippen molar-refractivity contribution in [1.82, 2.24) is 4.90 Å². The average molecular weight is 345 g/mol. The van der Waals surface area contributed by atoms with Crippen molar-refractivity contribution in [2.45, 2.75) is 62.4 Å². The van der Waals surface area contributed by atoms with Crippen molar-refractivity contribution >= 4 is 0 Å². The molecule has 1 aromatic heterocycles. The first-order chi connectivity index (χ1) is 12.3. The lowest BCUT2D eigenvalue weighted by molar-refractivity contribution is -0.0143. The zero-order valence-electron chi connectivity index (χ0n) is 15.6. The summed E-state index contributed by atoms with van der Waals surface area (Å²) in [4.78, 5) is 2.78. The van der Waals surface area contributed by atoms with Gasteiger partial charge in [0.1, 0.15) is 5.76 Å². The van der Waals surface area contributed by atoms with Gasteiger partial charge in [-0.2, -0.15) is 0 Å². The molecule has 0 bridgehead atoms. The molecule has 1 aliphatic heterocycles. The Bertz CT molecular complexity index is 596. The molecule has 2 heterocycles. The van der Waals surface area contributed by atoms with Crippen molar-refractivity contribution in [2.75, 3.05) is 27.4 Å². The van der Waals surface area contributed by atoms with Crippen LogP contribution in [0.3, 0.4) is 0 Å². The molecule has 2 fully saturated rings. The van der Waals surface area contributed by atoms with Crippen LogP contribution in [-0.4, -0.2) is 43.9 Å². The second-order valence-corrected chi connectivity index (χ2v) is 7.85. The van der Waals surface area contributed by atoms with Crippen LogP contribution < -0.4 is 0 Å². The van der Waals surface area contributed by atoms with Gasteiger partial charge in [-0.25, -0.2) is 0 Å². The van der Waals surface area contributed by atoms with E-state index in [1.165, 1.54) is 50.7 Å². The number of methoxy groups -OCH3 is 2. The van der Waals surface area contributed by atoms with Crippen LogP contribution in [0.25, 0.3) is 0 Å². The highest BCUT2D eigenvalue weighted by Gasteiger charge is 2.58. The van der Waals surface area contributed by atoms with Crippen LogP contribution in [0.1, 0.15) is 56.6 Å². The molecule has 1 saturated carbocycles. The lowest BCUT2D eigenvalue weighted by Crippen LogP contribution is -2.57. The van der Waals surface area contributed by atoms with Gasteiger partial charge in [0.25, 0.3) is 0 Å². The summed E-state index contributed by atoms with van der Waals surface area (Å²) >= 11 is 0. The third kappa shape index (κ3) is 2.74. The van der Waals surface area contributed by atoms with E-state index in [4.69, 9.17) is 13.9 Å². The number of ether oxygens (including phenoxy) is 2. The molecule has 4 atom stereocenters. The van der Waals surface area contributed by atoms with E-state index in [2.05, 4.69) is 17.0 Å². The van der Waals surface area contributed by atoms with Gasteiger partial charge < -0.3 is 13.9 Å². The van der Waals surface area contributed by atoms with E-state index in [0.29, 0.717) is 12.0 Å². The Balaban J connectivity index is 1.80. The van der Waals surface area contributed by atoms with Gasteiger partial charge in [0, 0.05) is 24.6 Å². The SMILES string of the molecule is COC[C@@H]1CCCN1[C@]12CCCCCC1C(OC)=C[C@H]2c1ccco1. The molecule has 138 valence electrons. The van der Waals surface area contributed by atoms with Crippen molar-refractivity contribution in [3.05, 3.63) is 36.0 Å². The fourth-order valence-corrected chi connectivity index (χ4v) is 5.82. The number of nitrogens with zero attached hydrogens (tertiary/aromatic N) is 1. The van der Waals surface area contributed by atoms with E-state index in [-0.39, 0.29) is 11.5 Å². The smallest absolute Gasteiger partial charge is 0.112 e. The summed E-state index contributed by atoms with van der Waals surface area (Å²) < 4.78 is 17.4.